The van der Waals surface area contributed by atoms with Gasteiger partial charge in [0.2, 0.25) is 0 Å². The third-order valence-electron chi connectivity index (χ3n) is 2.74. The van der Waals surface area contributed by atoms with Crippen LogP contribution < -0.4 is 10.6 Å². The smallest absolute Gasteiger partial charge is 0.273 e. The molecule has 110 valence electrons. The van der Waals surface area contributed by atoms with E-state index in [1.54, 1.807) is 6.07 Å². The maximum absolute atomic E-state index is 13.6. The number of hydrogen-bond acceptors (Lipinski definition) is 4. The molecule has 0 saturated carbocycles. The lowest BCUT2D eigenvalue weighted by atomic mass is 10.2. The van der Waals surface area contributed by atoms with Crippen molar-refractivity contribution < 1.29 is 13.7 Å². The van der Waals surface area contributed by atoms with Crippen LogP contribution in [0.4, 0.5) is 31.5 Å². The fourth-order valence-electron chi connectivity index (χ4n) is 1.86. The zero-order valence-electron chi connectivity index (χ0n) is 11.2. The Labute approximate surface area is 119 Å². The lowest BCUT2D eigenvalue weighted by Gasteiger charge is -2.11. The molecule has 0 amide bonds. The van der Waals surface area contributed by atoms with Crippen LogP contribution in [0.2, 0.25) is 0 Å². The number of benzene rings is 2. The van der Waals surface area contributed by atoms with Gasteiger partial charge in [-0.1, -0.05) is 6.07 Å². The second-order valence-corrected chi connectivity index (χ2v) is 4.28. The monoisotopic (exact) mass is 293 g/mol. The van der Waals surface area contributed by atoms with E-state index in [1.165, 1.54) is 18.2 Å². The Bertz CT molecular complexity index is 657. The van der Waals surface area contributed by atoms with E-state index in [1.807, 2.05) is 6.92 Å². The highest BCUT2D eigenvalue weighted by atomic mass is 19.1. The predicted molar refractivity (Wildman–Crippen MR) is 76.9 cm³/mol. The van der Waals surface area contributed by atoms with Gasteiger partial charge in [0, 0.05) is 30.1 Å². The Morgan fingerprint density at radius 2 is 1.76 bits per heavy atom. The topological polar surface area (TPSA) is 67.2 Å². The van der Waals surface area contributed by atoms with E-state index in [0.29, 0.717) is 12.2 Å². The summed E-state index contributed by atoms with van der Waals surface area (Å²) < 4.78 is 27.2. The van der Waals surface area contributed by atoms with Gasteiger partial charge in [-0.2, -0.15) is 0 Å². The van der Waals surface area contributed by atoms with E-state index in [4.69, 9.17) is 0 Å². The van der Waals surface area contributed by atoms with Gasteiger partial charge in [0.05, 0.1) is 4.92 Å². The van der Waals surface area contributed by atoms with Crippen LogP contribution >= 0.6 is 0 Å². The Hall–Kier alpha value is -2.70. The van der Waals surface area contributed by atoms with E-state index < -0.39 is 16.6 Å². The van der Waals surface area contributed by atoms with Gasteiger partial charge in [0.25, 0.3) is 5.69 Å². The van der Waals surface area contributed by atoms with E-state index in [9.17, 15) is 18.9 Å². The van der Waals surface area contributed by atoms with Crippen molar-refractivity contribution in [1.82, 2.24) is 0 Å². The molecule has 5 nitrogen and oxygen atoms in total. The molecule has 2 aromatic carbocycles. The number of nitrogens with zero attached hydrogens (tertiary/aromatic N) is 1. The molecule has 0 aliphatic heterocycles. The number of para-hydroxylation sites is 1. The molecule has 0 atom stereocenters. The third-order valence-corrected chi connectivity index (χ3v) is 2.74. The Morgan fingerprint density at radius 3 is 2.33 bits per heavy atom. The van der Waals surface area contributed by atoms with Crippen LogP contribution in [-0.4, -0.2) is 11.5 Å². The largest absolute Gasteiger partial charge is 0.385 e. The van der Waals surface area contributed by atoms with Crippen molar-refractivity contribution in [2.45, 2.75) is 6.92 Å². The maximum atomic E-state index is 13.6. The molecular weight excluding hydrogens is 280 g/mol. The number of non-ortho nitro benzene ring substituents is 1. The number of anilines is 3. The lowest BCUT2D eigenvalue weighted by molar-refractivity contribution is -0.384. The zero-order chi connectivity index (χ0) is 15.4. The van der Waals surface area contributed by atoms with Gasteiger partial charge in [-0.3, -0.25) is 10.1 Å². The molecule has 7 heteroatoms. The molecule has 2 aromatic rings. The quantitative estimate of drug-likeness (QED) is 0.644. The minimum absolute atomic E-state index is 0.173. The number of nitro groups is 1. The third kappa shape index (κ3) is 3.44. The fourth-order valence-corrected chi connectivity index (χ4v) is 1.86. The summed E-state index contributed by atoms with van der Waals surface area (Å²) in [6.45, 7) is 2.40. The van der Waals surface area contributed by atoms with Crippen molar-refractivity contribution in [3.63, 3.8) is 0 Å². The SMILES string of the molecule is CCNc1cc(Nc2c(F)cccc2F)cc([N+](=O)[O-])c1. The van der Waals surface area contributed by atoms with Gasteiger partial charge in [-0.25, -0.2) is 8.78 Å². The van der Waals surface area contributed by atoms with E-state index in [2.05, 4.69) is 10.6 Å². The summed E-state index contributed by atoms with van der Waals surface area (Å²) in [5, 5.41) is 16.4. The van der Waals surface area contributed by atoms with Crippen molar-refractivity contribution in [3.8, 4) is 0 Å². The molecule has 0 aliphatic carbocycles. The molecule has 0 fully saturated rings. The Balaban J connectivity index is 2.41. The molecule has 0 heterocycles. The molecular formula is C14H13F2N3O2. The molecule has 2 N–H and O–H groups in total. The molecule has 0 aliphatic rings. The van der Waals surface area contributed by atoms with Crippen molar-refractivity contribution >= 4 is 22.7 Å². The highest BCUT2D eigenvalue weighted by Crippen LogP contribution is 2.29. The minimum atomic E-state index is -0.772. The predicted octanol–water partition coefficient (Wildman–Crippen LogP) is 4.05. The van der Waals surface area contributed by atoms with Crippen molar-refractivity contribution in [3.05, 3.63) is 58.1 Å². The van der Waals surface area contributed by atoms with E-state index >= 15 is 0 Å². The molecule has 0 bridgehead atoms. The summed E-state index contributed by atoms with van der Waals surface area (Å²) in [7, 11) is 0. The first kappa shape index (κ1) is 14.7. The summed E-state index contributed by atoms with van der Waals surface area (Å²) in [5.74, 6) is -1.54. The number of rotatable bonds is 5. The molecule has 2 rings (SSSR count). The fraction of sp³-hybridized carbons (Fsp3) is 0.143. The van der Waals surface area contributed by atoms with Crippen LogP contribution in [-0.2, 0) is 0 Å². The van der Waals surface area contributed by atoms with E-state index in [-0.39, 0.29) is 17.1 Å². The standard InChI is InChI=1S/C14H13F2N3O2/c1-2-17-9-6-10(8-11(7-9)19(20)21)18-14-12(15)4-3-5-13(14)16/h3-8,17-18H,2H2,1H3. The second-order valence-electron chi connectivity index (χ2n) is 4.28. The molecule has 0 aromatic heterocycles. The number of hydrogen-bond donors (Lipinski definition) is 2. The van der Waals surface area contributed by atoms with Crippen LogP contribution in [0.25, 0.3) is 0 Å². The van der Waals surface area contributed by atoms with E-state index in [0.717, 1.165) is 12.1 Å². The van der Waals surface area contributed by atoms with Crippen LogP contribution in [0, 0.1) is 21.7 Å². The molecule has 0 spiro atoms. The summed E-state index contributed by atoms with van der Waals surface area (Å²) in [6, 6.07) is 7.57. The normalized spacial score (nSPS) is 10.2. The maximum Gasteiger partial charge on any atom is 0.273 e. The highest BCUT2D eigenvalue weighted by Gasteiger charge is 2.13. The Morgan fingerprint density at radius 1 is 1.14 bits per heavy atom. The first-order chi connectivity index (χ1) is 10.0. The van der Waals surface area contributed by atoms with Crippen LogP contribution in [0.3, 0.4) is 0 Å². The highest BCUT2D eigenvalue weighted by molar-refractivity contribution is 5.69. The molecule has 0 radical (unpaired) electrons. The molecule has 0 saturated heterocycles. The summed E-state index contributed by atoms with van der Waals surface area (Å²) in [6.07, 6.45) is 0. The van der Waals surface area contributed by atoms with Crippen LogP contribution in [0.5, 0.6) is 0 Å². The second kappa shape index (κ2) is 6.17. The summed E-state index contributed by atoms with van der Waals surface area (Å²) in [5.41, 5.74) is 0.197. The average molecular weight is 293 g/mol. The van der Waals surface area contributed by atoms with Crippen molar-refractivity contribution in [2.75, 3.05) is 17.2 Å². The first-order valence-corrected chi connectivity index (χ1v) is 6.25. The van der Waals surface area contributed by atoms with Crippen LogP contribution in [0.1, 0.15) is 6.92 Å². The molecule has 0 unspecified atom stereocenters. The van der Waals surface area contributed by atoms with Crippen molar-refractivity contribution in [2.24, 2.45) is 0 Å². The van der Waals surface area contributed by atoms with Crippen molar-refractivity contribution in [1.29, 1.82) is 0 Å². The summed E-state index contributed by atoms with van der Waals surface area (Å²) in [4.78, 5) is 10.3. The zero-order valence-corrected chi connectivity index (χ0v) is 11.2. The van der Waals surface area contributed by atoms with Gasteiger partial charge in [-0.05, 0) is 25.1 Å². The summed E-state index contributed by atoms with van der Waals surface area (Å²) >= 11 is 0. The van der Waals surface area contributed by atoms with Crippen LogP contribution in [0.15, 0.2) is 36.4 Å². The Kier molecular flexibility index (Phi) is 4.32. The van der Waals surface area contributed by atoms with Gasteiger partial charge < -0.3 is 10.6 Å². The van der Waals surface area contributed by atoms with Gasteiger partial charge in [0.1, 0.15) is 17.3 Å². The lowest BCUT2D eigenvalue weighted by Crippen LogP contribution is -2.01. The first-order valence-electron chi connectivity index (χ1n) is 6.25. The number of nitrogens with one attached hydrogen (secondary N) is 2. The van der Waals surface area contributed by atoms with Gasteiger partial charge in [-0.15, -0.1) is 0 Å². The van der Waals surface area contributed by atoms with Gasteiger partial charge >= 0.3 is 0 Å². The number of halogens is 2. The average Bonchev–Trinajstić information content (AvgIpc) is 2.43. The van der Waals surface area contributed by atoms with Gasteiger partial charge in [0.15, 0.2) is 0 Å². The minimum Gasteiger partial charge on any atom is -0.385 e. The molecule has 21 heavy (non-hydrogen) atoms. The number of nitro benzene ring substituents is 1.